The fourth-order valence-corrected chi connectivity index (χ4v) is 2.41. The second-order valence-electron chi connectivity index (χ2n) is 5.61. The van der Waals surface area contributed by atoms with E-state index in [1.807, 2.05) is 0 Å². The molecule has 0 spiro atoms. The van der Waals surface area contributed by atoms with Crippen LogP contribution in [0.4, 0.5) is 10.6 Å². The first kappa shape index (κ1) is 18.8. The van der Waals surface area contributed by atoms with E-state index in [2.05, 4.69) is 26.2 Å². The quantitative estimate of drug-likeness (QED) is 0.516. The smallest absolute Gasteiger partial charge is 0.413 e. The molecule has 2 aromatic heterocycles. The van der Waals surface area contributed by atoms with Crippen LogP contribution in [0.25, 0.3) is 11.2 Å². The van der Waals surface area contributed by atoms with E-state index in [0.29, 0.717) is 11.2 Å². The van der Waals surface area contributed by atoms with Gasteiger partial charge in [0.25, 0.3) is 0 Å². The lowest BCUT2D eigenvalue weighted by molar-refractivity contribution is -0.143. The zero-order chi connectivity index (χ0) is 19.9. The van der Waals surface area contributed by atoms with Crippen molar-refractivity contribution < 1.29 is 19.1 Å². The van der Waals surface area contributed by atoms with E-state index in [1.54, 1.807) is 31.2 Å². The van der Waals surface area contributed by atoms with Gasteiger partial charge in [0.2, 0.25) is 0 Å². The molecule has 28 heavy (non-hydrogen) atoms. The number of anilines is 1. The van der Waals surface area contributed by atoms with Crippen LogP contribution in [0.1, 0.15) is 18.1 Å². The molecule has 2 heterocycles. The number of hydrogen-bond acceptors (Lipinski definition) is 7. The number of terminal acetylenes is 1. The Bertz CT molecular complexity index is 1040. The predicted octanol–water partition coefficient (Wildman–Crippen LogP) is 2.12. The van der Waals surface area contributed by atoms with Crippen molar-refractivity contribution in [3.63, 3.8) is 0 Å². The molecule has 0 fully saturated rings. The fourth-order valence-electron chi connectivity index (χ4n) is 2.41. The highest BCUT2D eigenvalue weighted by atomic mass is 16.5. The van der Waals surface area contributed by atoms with Crippen molar-refractivity contribution in [2.45, 2.75) is 20.1 Å². The van der Waals surface area contributed by atoms with Gasteiger partial charge in [-0.25, -0.2) is 19.7 Å². The summed E-state index contributed by atoms with van der Waals surface area (Å²) >= 11 is 0. The van der Waals surface area contributed by atoms with Gasteiger partial charge in [0.15, 0.2) is 17.0 Å². The average Bonchev–Trinajstić information content (AvgIpc) is 3.11. The molecule has 1 amide bonds. The molecule has 0 saturated heterocycles. The minimum Gasteiger partial charge on any atom is -0.465 e. The molecule has 1 N–H and O–H groups in total. The molecule has 9 heteroatoms. The lowest BCUT2D eigenvalue weighted by Gasteiger charge is -2.07. The van der Waals surface area contributed by atoms with Gasteiger partial charge in [-0.3, -0.25) is 10.1 Å². The second kappa shape index (κ2) is 8.64. The summed E-state index contributed by atoms with van der Waals surface area (Å²) in [4.78, 5) is 36.0. The van der Waals surface area contributed by atoms with Crippen molar-refractivity contribution in [1.82, 2.24) is 19.5 Å². The lowest BCUT2D eigenvalue weighted by Crippen LogP contribution is -2.15. The topological polar surface area (TPSA) is 108 Å². The molecule has 0 aliphatic carbocycles. The summed E-state index contributed by atoms with van der Waals surface area (Å²) in [6.07, 6.45) is 7.31. The van der Waals surface area contributed by atoms with Gasteiger partial charge < -0.3 is 14.0 Å². The molecule has 0 radical (unpaired) electrons. The number of imidazole rings is 1. The third-order valence-corrected chi connectivity index (χ3v) is 3.72. The third-order valence-electron chi connectivity index (χ3n) is 3.72. The molecule has 0 saturated carbocycles. The number of amides is 1. The Morgan fingerprint density at radius 3 is 2.68 bits per heavy atom. The van der Waals surface area contributed by atoms with Crippen LogP contribution in [0.2, 0.25) is 0 Å². The number of nitrogens with one attached hydrogen (secondary N) is 1. The Morgan fingerprint density at radius 1 is 1.18 bits per heavy atom. The van der Waals surface area contributed by atoms with Crippen molar-refractivity contribution in [2.24, 2.45) is 0 Å². The summed E-state index contributed by atoms with van der Waals surface area (Å²) in [5.74, 6) is 2.29. The predicted molar refractivity (Wildman–Crippen MR) is 100 cm³/mol. The van der Waals surface area contributed by atoms with Crippen molar-refractivity contribution in [2.75, 3.05) is 11.9 Å². The average molecular weight is 379 g/mol. The van der Waals surface area contributed by atoms with E-state index in [0.717, 1.165) is 11.1 Å². The van der Waals surface area contributed by atoms with E-state index in [9.17, 15) is 9.59 Å². The Kier molecular flexibility index (Phi) is 5.81. The number of fused-ring (bicyclic) bond motifs is 1. The van der Waals surface area contributed by atoms with E-state index < -0.39 is 12.1 Å². The van der Waals surface area contributed by atoms with Crippen molar-refractivity contribution in [3.05, 3.63) is 48.0 Å². The summed E-state index contributed by atoms with van der Waals surface area (Å²) in [7, 11) is 0. The van der Waals surface area contributed by atoms with Gasteiger partial charge in [0.1, 0.15) is 19.5 Å². The van der Waals surface area contributed by atoms with Crippen molar-refractivity contribution in [3.8, 4) is 12.3 Å². The van der Waals surface area contributed by atoms with E-state index in [-0.39, 0.29) is 25.6 Å². The highest BCUT2D eigenvalue weighted by molar-refractivity contribution is 5.93. The first-order valence-corrected chi connectivity index (χ1v) is 8.41. The number of benzene rings is 1. The molecule has 1 aromatic carbocycles. The zero-order valence-electron chi connectivity index (χ0n) is 15.1. The zero-order valence-corrected chi connectivity index (χ0v) is 15.1. The minimum atomic E-state index is -0.694. The van der Waals surface area contributed by atoms with Crippen LogP contribution in [-0.2, 0) is 27.4 Å². The maximum Gasteiger partial charge on any atom is 0.413 e. The number of esters is 1. The Labute approximate surface area is 160 Å². The number of ether oxygens (including phenoxy) is 2. The number of aromatic nitrogens is 4. The van der Waals surface area contributed by atoms with E-state index in [4.69, 9.17) is 15.9 Å². The van der Waals surface area contributed by atoms with Gasteiger partial charge >= 0.3 is 12.1 Å². The van der Waals surface area contributed by atoms with Crippen LogP contribution >= 0.6 is 0 Å². The van der Waals surface area contributed by atoms with Crippen LogP contribution in [-0.4, -0.2) is 38.2 Å². The largest absolute Gasteiger partial charge is 0.465 e. The normalized spacial score (nSPS) is 10.3. The van der Waals surface area contributed by atoms with Crippen LogP contribution < -0.4 is 5.32 Å². The first-order valence-electron chi connectivity index (χ1n) is 8.41. The van der Waals surface area contributed by atoms with Crippen LogP contribution in [0.15, 0.2) is 36.9 Å². The molecule has 3 rings (SSSR count). The third kappa shape index (κ3) is 4.42. The van der Waals surface area contributed by atoms with Crippen molar-refractivity contribution in [1.29, 1.82) is 0 Å². The Balaban J connectivity index is 1.66. The van der Waals surface area contributed by atoms with Gasteiger partial charge in [-0.1, -0.05) is 18.1 Å². The Hall–Kier alpha value is -3.93. The number of carbonyl (C=O) groups excluding carboxylic acids is 2. The molecule has 142 valence electrons. The summed E-state index contributed by atoms with van der Waals surface area (Å²) in [6.45, 7) is 2.04. The molecular weight excluding hydrogens is 362 g/mol. The Morgan fingerprint density at radius 2 is 1.96 bits per heavy atom. The molecule has 9 nitrogen and oxygen atoms in total. The van der Waals surface area contributed by atoms with Gasteiger partial charge in [-0.05, 0) is 24.6 Å². The summed E-state index contributed by atoms with van der Waals surface area (Å²) in [5.41, 5.74) is 2.26. The van der Waals surface area contributed by atoms with E-state index in [1.165, 1.54) is 17.2 Å². The molecule has 0 atom stereocenters. The summed E-state index contributed by atoms with van der Waals surface area (Å²) in [5, 5.41) is 2.53. The number of hydrogen-bond donors (Lipinski definition) is 1. The summed E-state index contributed by atoms with van der Waals surface area (Å²) in [6, 6.07) is 7.09. The number of rotatable bonds is 6. The standard InChI is InChI=1S/C19H17N5O4/c1-3-13-5-7-14(8-6-13)10-28-19(26)23-17-16-18(21-11-20-17)24(12-22-16)9-15(25)27-4-2/h1,5-8,11-12H,4,9-10H2,2H3,(H,20,21,23,26). The van der Waals surface area contributed by atoms with Gasteiger partial charge in [0, 0.05) is 5.56 Å². The molecule has 0 aliphatic rings. The highest BCUT2D eigenvalue weighted by Crippen LogP contribution is 2.17. The first-order chi connectivity index (χ1) is 13.6. The molecule has 0 bridgehead atoms. The molecule has 0 aliphatic heterocycles. The fraction of sp³-hybridized carbons (Fsp3) is 0.211. The monoisotopic (exact) mass is 379 g/mol. The number of nitrogens with zero attached hydrogens (tertiary/aromatic N) is 4. The van der Waals surface area contributed by atoms with Crippen molar-refractivity contribution >= 4 is 29.0 Å². The second-order valence-corrected chi connectivity index (χ2v) is 5.61. The van der Waals surface area contributed by atoms with Gasteiger partial charge in [-0.2, -0.15) is 0 Å². The van der Waals surface area contributed by atoms with Crippen LogP contribution in [0, 0.1) is 12.3 Å². The molecule has 3 aromatic rings. The number of carbonyl (C=O) groups is 2. The van der Waals surface area contributed by atoms with Crippen LogP contribution in [0.3, 0.4) is 0 Å². The molecule has 0 unspecified atom stereocenters. The van der Waals surface area contributed by atoms with Gasteiger partial charge in [-0.15, -0.1) is 6.42 Å². The summed E-state index contributed by atoms with van der Waals surface area (Å²) < 4.78 is 11.6. The van der Waals surface area contributed by atoms with E-state index >= 15 is 0 Å². The molecular formula is C19H17N5O4. The highest BCUT2D eigenvalue weighted by Gasteiger charge is 2.15. The maximum atomic E-state index is 12.1. The minimum absolute atomic E-state index is 0.0428. The van der Waals surface area contributed by atoms with Crippen LogP contribution in [0.5, 0.6) is 0 Å². The SMILES string of the molecule is C#Cc1ccc(COC(=O)Nc2ncnc3c2ncn3CC(=O)OCC)cc1. The lowest BCUT2D eigenvalue weighted by atomic mass is 10.1. The van der Waals surface area contributed by atoms with Gasteiger partial charge in [0.05, 0.1) is 12.9 Å². The maximum absolute atomic E-state index is 12.1.